The van der Waals surface area contributed by atoms with Gasteiger partial charge in [0.2, 0.25) is 0 Å². The number of nitrogens with zero attached hydrogens (tertiary/aromatic N) is 1. The van der Waals surface area contributed by atoms with Gasteiger partial charge in [-0.25, -0.2) is 0 Å². The van der Waals surface area contributed by atoms with Crippen molar-refractivity contribution in [3.63, 3.8) is 0 Å². The van der Waals surface area contributed by atoms with E-state index in [1.165, 1.54) is 5.56 Å². The molecule has 0 aliphatic carbocycles. The summed E-state index contributed by atoms with van der Waals surface area (Å²) in [6.07, 6.45) is 5.97. The van der Waals surface area contributed by atoms with Crippen LogP contribution in [0.4, 0.5) is 5.69 Å². The third-order valence-corrected chi connectivity index (χ3v) is 3.89. The van der Waals surface area contributed by atoms with E-state index in [0.717, 1.165) is 43.2 Å². The summed E-state index contributed by atoms with van der Waals surface area (Å²) in [4.78, 5) is 4.12. The van der Waals surface area contributed by atoms with Crippen molar-refractivity contribution in [3.8, 4) is 0 Å². The minimum Gasteiger partial charge on any atom is -0.383 e. The van der Waals surface area contributed by atoms with Gasteiger partial charge < -0.3 is 10.6 Å². The summed E-state index contributed by atoms with van der Waals surface area (Å²) >= 11 is 6.27. The fourth-order valence-corrected chi connectivity index (χ4v) is 3.15. The van der Waals surface area contributed by atoms with E-state index in [0.29, 0.717) is 0 Å². The van der Waals surface area contributed by atoms with Gasteiger partial charge in [-0.1, -0.05) is 11.6 Å². The number of hydrogen-bond acceptors (Lipinski definition) is 3. The molecule has 3 rings (SSSR count). The highest BCUT2D eigenvalue weighted by Crippen LogP contribution is 2.45. The summed E-state index contributed by atoms with van der Waals surface area (Å²) in [7, 11) is 0. The topological polar surface area (TPSA) is 37.0 Å². The van der Waals surface area contributed by atoms with Gasteiger partial charge in [-0.2, -0.15) is 0 Å². The van der Waals surface area contributed by atoms with E-state index < -0.39 is 0 Å². The maximum absolute atomic E-state index is 6.27. The third kappa shape index (κ3) is 2.81. The average molecular weight is 333 g/mol. The molecule has 0 aromatic carbocycles. The van der Waals surface area contributed by atoms with Crippen LogP contribution in [0.2, 0.25) is 5.02 Å². The third-order valence-electron chi connectivity index (χ3n) is 3.61. The molecule has 1 spiro atoms. The first kappa shape index (κ1) is 18.1. The second-order valence-electron chi connectivity index (χ2n) is 4.43. The highest BCUT2D eigenvalue weighted by molar-refractivity contribution is 6.31. The molecule has 0 amide bonds. The number of aromatic nitrogens is 1. The van der Waals surface area contributed by atoms with E-state index >= 15 is 0 Å². The molecule has 2 aliphatic heterocycles. The smallest absolute Gasteiger partial charge is 0.0648 e. The van der Waals surface area contributed by atoms with Crippen LogP contribution in [0.1, 0.15) is 18.4 Å². The molecule has 1 saturated heterocycles. The number of anilines is 1. The predicted octanol–water partition coefficient (Wildman–Crippen LogP) is 3.05. The lowest BCUT2D eigenvalue weighted by Gasteiger charge is -2.34. The van der Waals surface area contributed by atoms with Crippen LogP contribution in [0, 0.1) is 0 Å². The Morgan fingerprint density at radius 3 is 2.44 bits per heavy atom. The van der Waals surface area contributed by atoms with E-state index in [1.54, 1.807) is 6.20 Å². The predicted molar refractivity (Wildman–Crippen MR) is 83.3 cm³/mol. The molecule has 2 N–H and O–H groups in total. The van der Waals surface area contributed by atoms with E-state index in [4.69, 9.17) is 11.6 Å². The molecule has 3 nitrogen and oxygen atoms in total. The normalized spacial score (nSPS) is 18.7. The van der Waals surface area contributed by atoms with Gasteiger partial charge in [0.25, 0.3) is 0 Å². The number of halogens is 4. The molecule has 1 aromatic heterocycles. The molecule has 7 heteroatoms. The van der Waals surface area contributed by atoms with Crippen LogP contribution in [0.3, 0.4) is 0 Å². The lowest BCUT2D eigenvalue weighted by atomic mass is 9.75. The summed E-state index contributed by atoms with van der Waals surface area (Å²) in [5, 5.41) is 7.65. The maximum atomic E-state index is 6.27. The van der Waals surface area contributed by atoms with Crippen LogP contribution >= 0.6 is 48.8 Å². The van der Waals surface area contributed by atoms with Crippen molar-refractivity contribution >= 4 is 54.5 Å². The van der Waals surface area contributed by atoms with Gasteiger partial charge >= 0.3 is 0 Å². The van der Waals surface area contributed by atoms with E-state index in [1.807, 2.05) is 6.20 Å². The number of hydrogen-bond donors (Lipinski definition) is 2. The Morgan fingerprint density at radius 2 is 1.78 bits per heavy atom. The van der Waals surface area contributed by atoms with Crippen LogP contribution in [0.5, 0.6) is 0 Å². The second-order valence-corrected chi connectivity index (χ2v) is 4.83. The zero-order valence-electron chi connectivity index (χ0n) is 9.74. The quantitative estimate of drug-likeness (QED) is 0.766. The summed E-state index contributed by atoms with van der Waals surface area (Å²) in [5.74, 6) is 0. The zero-order chi connectivity index (χ0) is 10.3. The minimum absolute atomic E-state index is 0. The molecule has 0 unspecified atom stereocenters. The van der Waals surface area contributed by atoms with Gasteiger partial charge in [-0.3, -0.25) is 4.98 Å². The average Bonchev–Trinajstić information content (AvgIpc) is 2.60. The Balaban J connectivity index is 0.000000963. The van der Waals surface area contributed by atoms with E-state index in [9.17, 15) is 0 Å². The fraction of sp³-hybridized carbons (Fsp3) is 0.545. The molecule has 3 heterocycles. The molecule has 2 aliphatic rings. The molecule has 0 saturated carbocycles. The Hall–Kier alpha value is 0.0700. The van der Waals surface area contributed by atoms with Crippen molar-refractivity contribution in [2.24, 2.45) is 0 Å². The van der Waals surface area contributed by atoms with Gasteiger partial charge in [-0.15, -0.1) is 37.2 Å². The van der Waals surface area contributed by atoms with Crippen LogP contribution in [-0.4, -0.2) is 24.6 Å². The van der Waals surface area contributed by atoms with Crippen molar-refractivity contribution in [3.05, 3.63) is 23.0 Å². The van der Waals surface area contributed by atoms with Gasteiger partial charge in [0.05, 0.1) is 16.9 Å². The Morgan fingerprint density at radius 1 is 1.11 bits per heavy atom. The van der Waals surface area contributed by atoms with E-state index in [-0.39, 0.29) is 42.6 Å². The molecular formula is C11H17Cl4N3. The highest BCUT2D eigenvalue weighted by atomic mass is 35.5. The van der Waals surface area contributed by atoms with Crippen molar-refractivity contribution in [1.82, 2.24) is 10.3 Å². The van der Waals surface area contributed by atoms with Crippen molar-refractivity contribution in [2.45, 2.75) is 18.3 Å². The van der Waals surface area contributed by atoms with Crippen LogP contribution in [0.25, 0.3) is 0 Å². The highest BCUT2D eigenvalue weighted by Gasteiger charge is 2.41. The van der Waals surface area contributed by atoms with Gasteiger partial charge in [0.15, 0.2) is 0 Å². The molecular weight excluding hydrogens is 316 g/mol. The first-order chi connectivity index (χ1) is 7.32. The summed E-state index contributed by atoms with van der Waals surface area (Å²) < 4.78 is 0. The SMILES string of the molecule is Cl.Cl.Cl.Clc1cncc2c1C1(CCNCC1)CN2. The minimum atomic E-state index is 0. The van der Waals surface area contributed by atoms with Crippen molar-refractivity contribution in [2.75, 3.05) is 25.0 Å². The molecule has 18 heavy (non-hydrogen) atoms. The molecule has 1 fully saturated rings. The molecule has 0 radical (unpaired) electrons. The molecule has 104 valence electrons. The fourth-order valence-electron chi connectivity index (χ4n) is 2.79. The zero-order valence-corrected chi connectivity index (χ0v) is 12.9. The molecule has 1 aromatic rings. The summed E-state index contributed by atoms with van der Waals surface area (Å²) in [6, 6.07) is 0. The number of fused-ring (bicyclic) bond motifs is 2. The van der Waals surface area contributed by atoms with Crippen molar-refractivity contribution < 1.29 is 0 Å². The maximum Gasteiger partial charge on any atom is 0.0648 e. The molecule has 0 bridgehead atoms. The largest absolute Gasteiger partial charge is 0.383 e. The Kier molecular flexibility index (Phi) is 7.04. The van der Waals surface area contributed by atoms with Crippen LogP contribution < -0.4 is 10.6 Å². The van der Waals surface area contributed by atoms with Crippen molar-refractivity contribution in [1.29, 1.82) is 0 Å². The lowest BCUT2D eigenvalue weighted by molar-refractivity contribution is 0.335. The Bertz CT molecular complexity index is 388. The summed E-state index contributed by atoms with van der Waals surface area (Å²) in [6.45, 7) is 3.18. The summed E-state index contributed by atoms with van der Waals surface area (Å²) in [5.41, 5.74) is 2.67. The van der Waals surface area contributed by atoms with Gasteiger partial charge in [0.1, 0.15) is 0 Å². The molecule has 0 atom stereocenters. The van der Waals surface area contributed by atoms with Crippen LogP contribution in [0.15, 0.2) is 12.4 Å². The number of nitrogens with one attached hydrogen (secondary N) is 2. The monoisotopic (exact) mass is 331 g/mol. The number of rotatable bonds is 0. The standard InChI is InChI=1S/C11H14ClN3.3ClH/c12-8-5-14-6-9-10(8)11(7-15-9)1-3-13-4-2-11;;;/h5-6,13,15H,1-4,7H2;3*1H. The first-order valence-electron chi connectivity index (χ1n) is 5.40. The number of piperidine rings is 1. The van der Waals surface area contributed by atoms with Gasteiger partial charge in [-0.05, 0) is 25.9 Å². The lowest BCUT2D eigenvalue weighted by Crippen LogP contribution is -2.41. The second kappa shape index (κ2) is 7.01. The number of pyridine rings is 1. The van der Waals surface area contributed by atoms with Gasteiger partial charge in [0, 0.05) is 23.7 Å². The van der Waals surface area contributed by atoms with Crippen LogP contribution in [-0.2, 0) is 5.41 Å². The van der Waals surface area contributed by atoms with E-state index in [2.05, 4.69) is 15.6 Å². The first-order valence-corrected chi connectivity index (χ1v) is 5.78. The Labute approximate surface area is 131 Å².